The van der Waals surface area contributed by atoms with Crippen LogP contribution in [0.1, 0.15) is 65.2 Å². The van der Waals surface area contributed by atoms with Crippen molar-refractivity contribution in [1.29, 1.82) is 0 Å². The monoisotopic (exact) mass is 334 g/mol. The van der Waals surface area contributed by atoms with Crippen molar-refractivity contribution in [3.63, 3.8) is 0 Å². The van der Waals surface area contributed by atoms with Crippen LogP contribution in [0.4, 0.5) is 0 Å². The number of carbonyl (C=O) groups excluding carboxylic acids is 1. The van der Waals surface area contributed by atoms with Gasteiger partial charge in [0, 0.05) is 12.5 Å². The van der Waals surface area contributed by atoms with Gasteiger partial charge in [0.15, 0.2) is 0 Å². The van der Waals surface area contributed by atoms with Crippen molar-refractivity contribution in [2.75, 3.05) is 13.7 Å². The highest BCUT2D eigenvalue weighted by atomic mass is 16.5. The molecule has 24 heavy (non-hydrogen) atoms. The predicted molar refractivity (Wildman–Crippen MR) is 95.6 cm³/mol. The first-order valence-corrected chi connectivity index (χ1v) is 9.85. The first-order chi connectivity index (χ1) is 11.6. The number of fused-ring (bicyclic) bond motifs is 3. The van der Waals surface area contributed by atoms with Gasteiger partial charge < -0.3 is 9.84 Å². The van der Waals surface area contributed by atoms with E-state index < -0.39 is 0 Å². The number of allylic oxidation sites excluding steroid dienone is 1. The summed E-state index contributed by atoms with van der Waals surface area (Å²) in [6.07, 6.45) is 12.1. The summed E-state index contributed by atoms with van der Waals surface area (Å²) in [6.45, 7) is 4.83. The van der Waals surface area contributed by atoms with E-state index in [0.29, 0.717) is 29.3 Å². The Kier molecular flexibility index (Phi) is 5.22. The lowest BCUT2D eigenvalue weighted by Gasteiger charge is -2.57. The molecular weight excluding hydrogens is 300 g/mol. The van der Waals surface area contributed by atoms with E-state index in [0.717, 1.165) is 32.0 Å². The van der Waals surface area contributed by atoms with E-state index in [1.165, 1.54) is 31.3 Å². The van der Waals surface area contributed by atoms with E-state index >= 15 is 0 Å². The lowest BCUT2D eigenvalue weighted by Crippen LogP contribution is -2.52. The number of hydrogen-bond acceptors (Lipinski definition) is 3. The van der Waals surface area contributed by atoms with Gasteiger partial charge in [-0.25, -0.2) is 0 Å². The molecule has 0 aliphatic heterocycles. The molecule has 0 heterocycles. The Morgan fingerprint density at radius 1 is 1.25 bits per heavy atom. The van der Waals surface area contributed by atoms with E-state index in [-0.39, 0.29) is 12.0 Å². The molecule has 6 atom stereocenters. The molecule has 0 amide bonds. The van der Waals surface area contributed by atoms with Crippen molar-refractivity contribution in [2.24, 2.45) is 28.6 Å². The quantitative estimate of drug-likeness (QED) is 0.607. The van der Waals surface area contributed by atoms with Crippen LogP contribution in [0.25, 0.3) is 0 Å². The number of rotatable bonds is 5. The number of ether oxygens (including phenoxy) is 1. The van der Waals surface area contributed by atoms with Crippen molar-refractivity contribution in [3.05, 3.63) is 11.6 Å². The zero-order valence-electron chi connectivity index (χ0n) is 15.6. The molecule has 3 fully saturated rings. The molecule has 0 spiro atoms. The normalized spacial score (nSPS) is 46.6. The molecule has 0 aromatic carbocycles. The Morgan fingerprint density at radius 3 is 2.67 bits per heavy atom. The Morgan fingerprint density at radius 2 is 2.04 bits per heavy atom. The van der Waals surface area contributed by atoms with E-state index in [1.807, 2.05) is 7.11 Å². The van der Waals surface area contributed by atoms with Crippen LogP contribution in [-0.4, -0.2) is 31.2 Å². The van der Waals surface area contributed by atoms with E-state index in [9.17, 15) is 9.90 Å². The minimum atomic E-state index is -0.162. The minimum Gasteiger partial charge on any atom is -0.395 e. The first-order valence-electron chi connectivity index (χ1n) is 9.85. The summed E-state index contributed by atoms with van der Waals surface area (Å²) in [7, 11) is 1.87. The van der Waals surface area contributed by atoms with Crippen LogP contribution in [0, 0.1) is 28.6 Å². The average Bonchev–Trinajstić information content (AvgIpc) is 2.93. The molecule has 3 heteroatoms. The van der Waals surface area contributed by atoms with Crippen LogP contribution < -0.4 is 0 Å². The third-order valence-corrected chi connectivity index (χ3v) is 7.98. The van der Waals surface area contributed by atoms with E-state index in [2.05, 4.69) is 13.8 Å². The highest BCUT2D eigenvalue weighted by molar-refractivity contribution is 5.66. The standard InChI is InChI=1S/C21H34O3/c1-4-11-21(14-23)15(10-13-22)5-6-16-17-7-8-19(24-3)20(17,2)12-9-18(16)21/h10,13,16-19,23H,4-9,11-12,14H2,1-3H3/b15-10-. The third-order valence-electron chi connectivity index (χ3n) is 7.98. The third kappa shape index (κ3) is 2.50. The molecule has 3 aliphatic carbocycles. The number of aliphatic hydroxyl groups excluding tert-OH is 1. The molecule has 0 aromatic heterocycles. The van der Waals surface area contributed by atoms with Gasteiger partial charge in [-0.15, -0.1) is 0 Å². The largest absolute Gasteiger partial charge is 0.395 e. The number of aliphatic hydroxyl groups is 1. The summed E-state index contributed by atoms with van der Waals surface area (Å²) in [4.78, 5) is 11.2. The summed E-state index contributed by atoms with van der Waals surface area (Å²) >= 11 is 0. The average molecular weight is 335 g/mol. The predicted octanol–water partition coefficient (Wildman–Crippen LogP) is 4.14. The molecular formula is C21H34O3. The Bertz CT molecular complexity index is 499. The van der Waals surface area contributed by atoms with Gasteiger partial charge in [-0.05, 0) is 74.2 Å². The van der Waals surface area contributed by atoms with Gasteiger partial charge in [0.2, 0.25) is 0 Å². The van der Waals surface area contributed by atoms with Crippen molar-refractivity contribution < 1.29 is 14.6 Å². The van der Waals surface area contributed by atoms with Gasteiger partial charge in [0.25, 0.3) is 0 Å². The lowest BCUT2D eigenvalue weighted by atomic mass is 9.48. The van der Waals surface area contributed by atoms with Crippen LogP contribution in [0.15, 0.2) is 11.6 Å². The minimum absolute atomic E-state index is 0.162. The smallest absolute Gasteiger partial charge is 0.142 e. The second-order valence-electron chi connectivity index (χ2n) is 8.65. The second-order valence-corrected chi connectivity index (χ2v) is 8.65. The van der Waals surface area contributed by atoms with Crippen LogP contribution in [0.2, 0.25) is 0 Å². The maximum atomic E-state index is 11.2. The van der Waals surface area contributed by atoms with Crippen LogP contribution in [-0.2, 0) is 9.53 Å². The molecule has 136 valence electrons. The van der Waals surface area contributed by atoms with Crippen molar-refractivity contribution in [3.8, 4) is 0 Å². The lowest BCUT2D eigenvalue weighted by molar-refractivity contribution is -0.105. The maximum absolute atomic E-state index is 11.2. The first kappa shape index (κ1) is 18.1. The van der Waals surface area contributed by atoms with Crippen molar-refractivity contribution >= 4 is 6.29 Å². The molecule has 0 bridgehead atoms. The molecule has 3 nitrogen and oxygen atoms in total. The van der Waals surface area contributed by atoms with E-state index in [1.54, 1.807) is 6.08 Å². The molecule has 3 saturated carbocycles. The maximum Gasteiger partial charge on any atom is 0.142 e. The second kappa shape index (κ2) is 6.92. The van der Waals surface area contributed by atoms with Gasteiger partial charge in [-0.2, -0.15) is 0 Å². The molecule has 3 aliphatic rings. The zero-order chi connectivity index (χ0) is 17.4. The highest BCUT2D eigenvalue weighted by Crippen LogP contribution is 2.65. The fraction of sp³-hybridized carbons (Fsp3) is 0.857. The molecule has 1 N–H and O–H groups in total. The van der Waals surface area contributed by atoms with Crippen LogP contribution >= 0.6 is 0 Å². The topological polar surface area (TPSA) is 46.5 Å². The van der Waals surface area contributed by atoms with Crippen LogP contribution in [0.3, 0.4) is 0 Å². The Balaban J connectivity index is 1.96. The number of methoxy groups -OCH3 is 1. The Hall–Kier alpha value is -0.670. The van der Waals surface area contributed by atoms with Gasteiger partial charge in [0.1, 0.15) is 6.29 Å². The fourth-order valence-corrected chi connectivity index (χ4v) is 6.95. The van der Waals surface area contributed by atoms with Crippen molar-refractivity contribution in [2.45, 2.75) is 71.3 Å². The summed E-state index contributed by atoms with van der Waals surface area (Å²) in [5, 5.41) is 10.4. The number of hydrogen-bond donors (Lipinski definition) is 1. The summed E-state index contributed by atoms with van der Waals surface area (Å²) in [5.41, 5.74) is 1.35. The molecule has 3 rings (SSSR count). The summed E-state index contributed by atoms with van der Waals surface area (Å²) in [6, 6.07) is 0. The molecule has 0 saturated heterocycles. The highest BCUT2D eigenvalue weighted by Gasteiger charge is 2.59. The van der Waals surface area contributed by atoms with E-state index in [4.69, 9.17) is 4.74 Å². The van der Waals surface area contributed by atoms with Gasteiger partial charge >= 0.3 is 0 Å². The van der Waals surface area contributed by atoms with Crippen molar-refractivity contribution in [1.82, 2.24) is 0 Å². The number of carbonyl (C=O) groups is 1. The Labute approximate surface area is 146 Å². The summed E-state index contributed by atoms with van der Waals surface area (Å²) in [5.74, 6) is 1.91. The summed E-state index contributed by atoms with van der Waals surface area (Å²) < 4.78 is 5.84. The SMILES string of the molecule is CCCC1(CO)/C(=C\C=O)CCC2C1CCC1(C)C(OC)CCC21. The molecule has 0 radical (unpaired) electrons. The fourth-order valence-electron chi connectivity index (χ4n) is 6.95. The number of aldehydes is 1. The van der Waals surface area contributed by atoms with Crippen LogP contribution in [0.5, 0.6) is 0 Å². The molecule has 6 unspecified atom stereocenters. The molecule has 0 aromatic rings. The zero-order valence-corrected chi connectivity index (χ0v) is 15.6. The van der Waals surface area contributed by atoms with Gasteiger partial charge in [-0.3, -0.25) is 4.79 Å². The van der Waals surface area contributed by atoms with Gasteiger partial charge in [0.05, 0.1) is 12.7 Å². The van der Waals surface area contributed by atoms with Gasteiger partial charge in [-0.1, -0.05) is 25.8 Å².